The first-order chi connectivity index (χ1) is 23.5. The molecule has 12 nitrogen and oxygen atoms in total. The predicted octanol–water partition coefficient (Wildman–Crippen LogP) is 4.75. The Labute approximate surface area is 290 Å². The summed E-state index contributed by atoms with van der Waals surface area (Å²) in [6.45, 7) is 11.6. The van der Waals surface area contributed by atoms with E-state index in [9.17, 15) is 23.6 Å². The Morgan fingerprint density at radius 1 is 1.08 bits per heavy atom. The van der Waals surface area contributed by atoms with Gasteiger partial charge < -0.3 is 30.3 Å². The molecule has 3 heterocycles. The lowest BCUT2D eigenvalue weighted by Gasteiger charge is -2.22. The SMILES string of the molecule is CC(C)C.CC1CC(C#N)N(C=O)C1.COCc1ccccc1F.O=CNCC(=O)N1CC2CCCCC2C1.O=CNc1ncccc1O. The summed E-state index contributed by atoms with van der Waals surface area (Å²) in [6, 6.07) is 11.5. The van der Waals surface area contributed by atoms with Crippen molar-refractivity contribution in [1.82, 2.24) is 20.1 Å². The molecule has 0 spiro atoms. The third-order valence-corrected chi connectivity index (χ3v) is 7.74. The van der Waals surface area contributed by atoms with Gasteiger partial charge in [0.25, 0.3) is 0 Å². The summed E-state index contributed by atoms with van der Waals surface area (Å²) in [5, 5.41) is 22.2. The van der Waals surface area contributed by atoms with Crippen LogP contribution in [-0.2, 0) is 30.5 Å². The molecule has 2 saturated heterocycles. The highest BCUT2D eigenvalue weighted by atomic mass is 19.1. The van der Waals surface area contributed by atoms with E-state index >= 15 is 0 Å². The Hall–Kier alpha value is -4.57. The number of carbonyl (C=O) groups excluding carboxylic acids is 4. The van der Waals surface area contributed by atoms with Gasteiger partial charge in [-0.05, 0) is 61.1 Å². The van der Waals surface area contributed by atoms with Crippen molar-refractivity contribution in [3.63, 3.8) is 0 Å². The zero-order chi connectivity index (χ0) is 36.6. The molecule has 49 heavy (non-hydrogen) atoms. The maximum atomic E-state index is 12.7. The molecule has 2 aromatic rings. The minimum absolute atomic E-state index is 0.0328. The number of aromatic hydroxyl groups is 1. The zero-order valence-corrected chi connectivity index (χ0v) is 29.4. The summed E-state index contributed by atoms with van der Waals surface area (Å²) >= 11 is 0. The molecule has 1 saturated carbocycles. The van der Waals surface area contributed by atoms with Crippen LogP contribution in [0.1, 0.15) is 65.4 Å². The number of carbonyl (C=O) groups is 4. The van der Waals surface area contributed by atoms with Gasteiger partial charge in [0, 0.05) is 38.5 Å². The molecule has 13 heteroatoms. The standard InChI is InChI=1S/C11H18N2O2.C8H9FO.C7H10N2O.C6H6N2O2.C4H10/c14-8-12-5-11(15)13-6-9-3-1-2-4-10(9)7-13;1-10-6-7-4-2-3-5-8(7)9;1-6-2-7(3-8)9(4-6)5-10;9-4-8-6-5(10)2-1-3-7-6;1-4(2)3/h8-10H,1-7H2,(H,12,14);2-5H,6H2,1H3;5-7H,2,4H2,1H3;1-4,10H,(H,7,8,9);4H,1-3H3. The van der Waals surface area contributed by atoms with Gasteiger partial charge in [0.15, 0.2) is 11.6 Å². The van der Waals surface area contributed by atoms with Gasteiger partial charge in [-0.2, -0.15) is 5.26 Å². The van der Waals surface area contributed by atoms with E-state index < -0.39 is 0 Å². The second kappa shape index (κ2) is 24.6. The van der Waals surface area contributed by atoms with Crippen molar-refractivity contribution in [3.05, 3.63) is 54.0 Å². The Bertz CT molecular complexity index is 1290. The number of aromatic nitrogens is 1. The van der Waals surface area contributed by atoms with E-state index in [-0.39, 0.29) is 35.9 Å². The number of fused-ring (bicyclic) bond motifs is 1. The molecule has 4 amide bonds. The molecule has 3 fully saturated rings. The summed E-state index contributed by atoms with van der Waals surface area (Å²) < 4.78 is 17.5. The highest BCUT2D eigenvalue weighted by molar-refractivity contribution is 5.80. The first-order valence-electron chi connectivity index (χ1n) is 16.6. The number of anilines is 1. The lowest BCUT2D eigenvalue weighted by atomic mass is 9.82. The Morgan fingerprint density at radius 2 is 1.71 bits per heavy atom. The third kappa shape index (κ3) is 16.9. The number of hydrogen-bond acceptors (Lipinski definition) is 8. The van der Waals surface area contributed by atoms with Gasteiger partial charge in [-0.25, -0.2) is 9.37 Å². The lowest BCUT2D eigenvalue weighted by molar-refractivity contribution is -0.130. The van der Waals surface area contributed by atoms with Crippen LogP contribution in [0.2, 0.25) is 0 Å². The zero-order valence-electron chi connectivity index (χ0n) is 29.4. The number of benzene rings is 1. The summed E-state index contributed by atoms with van der Waals surface area (Å²) in [7, 11) is 1.55. The number of ether oxygens (including phenoxy) is 1. The van der Waals surface area contributed by atoms with Crippen LogP contribution in [0.25, 0.3) is 0 Å². The summed E-state index contributed by atoms with van der Waals surface area (Å²) in [6.07, 6.45) is 9.29. The second-order valence-corrected chi connectivity index (χ2v) is 12.8. The van der Waals surface area contributed by atoms with Crippen LogP contribution in [0.5, 0.6) is 5.75 Å². The first-order valence-corrected chi connectivity index (χ1v) is 16.6. The van der Waals surface area contributed by atoms with E-state index in [1.54, 1.807) is 36.3 Å². The largest absolute Gasteiger partial charge is 0.504 e. The minimum atomic E-state index is -0.204. The fraction of sp³-hybridized carbons (Fsp3) is 0.556. The number of methoxy groups -OCH3 is 1. The Kier molecular flexibility index (Phi) is 21.3. The molecule has 4 atom stereocenters. The monoisotopic (exact) mass is 684 g/mol. The van der Waals surface area contributed by atoms with Crippen LogP contribution in [0.3, 0.4) is 0 Å². The number of halogens is 1. The molecule has 4 unspecified atom stereocenters. The lowest BCUT2D eigenvalue weighted by Crippen LogP contribution is -2.36. The number of nitrogens with zero attached hydrogens (tertiary/aromatic N) is 4. The van der Waals surface area contributed by atoms with Crippen molar-refractivity contribution in [1.29, 1.82) is 5.26 Å². The maximum absolute atomic E-state index is 12.7. The molecule has 0 bridgehead atoms. The van der Waals surface area contributed by atoms with Gasteiger partial charge in [0.2, 0.25) is 25.1 Å². The topological polar surface area (TPSA) is 165 Å². The van der Waals surface area contributed by atoms with Crippen molar-refractivity contribution >= 4 is 31.0 Å². The number of nitrogens with one attached hydrogen (secondary N) is 2. The minimum Gasteiger partial charge on any atom is -0.504 e. The molecule has 2 aliphatic heterocycles. The van der Waals surface area contributed by atoms with Crippen molar-refractivity contribution in [2.45, 2.75) is 72.4 Å². The van der Waals surface area contributed by atoms with Crippen molar-refractivity contribution in [3.8, 4) is 11.8 Å². The van der Waals surface area contributed by atoms with Crippen LogP contribution in [-0.4, -0.2) is 84.4 Å². The molecule has 270 valence electrons. The van der Waals surface area contributed by atoms with E-state index in [2.05, 4.69) is 42.5 Å². The maximum Gasteiger partial charge on any atom is 0.241 e. The fourth-order valence-corrected chi connectivity index (χ4v) is 5.51. The van der Waals surface area contributed by atoms with Crippen LogP contribution < -0.4 is 10.6 Å². The van der Waals surface area contributed by atoms with Crippen molar-refractivity contribution in [2.75, 3.05) is 38.6 Å². The summed E-state index contributed by atoms with van der Waals surface area (Å²) in [5.41, 5.74) is 0.602. The Balaban J connectivity index is 0.000000320. The van der Waals surface area contributed by atoms with E-state index in [1.165, 1.54) is 44.0 Å². The number of likely N-dealkylation sites (tertiary alicyclic amines) is 2. The average molecular weight is 685 g/mol. The van der Waals surface area contributed by atoms with Crippen LogP contribution in [0, 0.1) is 40.8 Å². The molecule has 0 radical (unpaired) electrons. The van der Waals surface area contributed by atoms with E-state index in [0.29, 0.717) is 30.9 Å². The van der Waals surface area contributed by atoms with Crippen molar-refractivity contribution in [2.24, 2.45) is 23.7 Å². The number of nitriles is 1. The smallest absolute Gasteiger partial charge is 0.241 e. The molecule has 1 aromatic carbocycles. The van der Waals surface area contributed by atoms with E-state index in [0.717, 1.165) is 50.2 Å². The molecule has 1 aromatic heterocycles. The molecular formula is C36H53FN6O6. The predicted molar refractivity (Wildman–Crippen MR) is 185 cm³/mol. The molecule has 5 rings (SSSR count). The summed E-state index contributed by atoms with van der Waals surface area (Å²) in [4.78, 5) is 49.1. The fourth-order valence-electron chi connectivity index (χ4n) is 5.51. The van der Waals surface area contributed by atoms with Gasteiger partial charge in [-0.15, -0.1) is 0 Å². The average Bonchev–Trinajstić information content (AvgIpc) is 3.70. The first kappa shape index (κ1) is 42.5. The highest BCUT2D eigenvalue weighted by Gasteiger charge is 2.36. The van der Waals surface area contributed by atoms with Crippen LogP contribution in [0.15, 0.2) is 42.6 Å². The molecule has 3 aliphatic rings. The van der Waals surface area contributed by atoms with Crippen molar-refractivity contribution < 1.29 is 33.4 Å². The molecule has 1 aliphatic carbocycles. The summed E-state index contributed by atoms with van der Waals surface area (Å²) in [5.74, 6) is 2.76. The van der Waals surface area contributed by atoms with Gasteiger partial charge in [-0.3, -0.25) is 19.2 Å². The van der Waals surface area contributed by atoms with E-state index in [4.69, 9.17) is 15.1 Å². The van der Waals surface area contributed by atoms with Gasteiger partial charge in [0.05, 0.1) is 19.2 Å². The van der Waals surface area contributed by atoms with Gasteiger partial charge in [-0.1, -0.05) is 58.7 Å². The number of amides is 4. The molecular weight excluding hydrogens is 631 g/mol. The highest BCUT2D eigenvalue weighted by Crippen LogP contribution is 2.35. The van der Waals surface area contributed by atoms with Crippen LogP contribution in [0.4, 0.5) is 10.2 Å². The third-order valence-electron chi connectivity index (χ3n) is 7.74. The Morgan fingerprint density at radius 3 is 2.20 bits per heavy atom. The number of hydrogen-bond donors (Lipinski definition) is 3. The normalized spacial score (nSPS) is 20.1. The van der Waals surface area contributed by atoms with Gasteiger partial charge >= 0.3 is 0 Å². The number of rotatable bonds is 8. The number of pyridine rings is 1. The van der Waals surface area contributed by atoms with Gasteiger partial charge in [0.1, 0.15) is 11.9 Å². The quantitative estimate of drug-likeness (QED) is 0.336. The van der Waals surface area contributed by atoms with Crippen LogP contribution >= 0.6 is 0 Å². The molecule has 3 N–H and O–H groups in total. The second-order valence-electron chi connectivity index (χ2n) is 12.8. The van der Waals surface area contributed by atoms with E-state index in [1.807, 2.05) is 11.8 Å².